The molecule has 0 radical (unpaired) electrons. The van der Waals surface area contributed by atoms with E-state index in [2.05, 4.69) is 10.3 Å². The van der Waals surface area contributed by atoms with Crippen LogP contribution < -0.4 is 5.32 Å². The van der Waals surface area contributed by atoms with Gasteiger partial charge in [-0.3, -0.25) is 4.98 Å². The average Bonchev–Trinajstić information content (AvgIpc) is 2.61. The van der Waals surface area contributed by atoms with Crippen molar-refractivity contribution in [2.45, 2.75) is 25.0 Å². The first-order valence-corrected chi connectivity index (χ1v) is 5.29. The van der Waals surface area contributed by atoms with Gasteiger partial charge in [0.1, 0.15) is 5.82 Å². The van der Waals surface area contributed by atoms with Crippen molar-refractivity contribution in [2.75, 3.05) is 13.1 Å². The first kappa shape index (κ1) is 9.24. The topological polar surface area (TPSA) is 34.1 Å². The van der Waals surface area contributed by atoms with E-state index in [9.17, 15) is 4.39 Å². The van der Waals surface area contributed by atoms with E-state index in [4.69, 9.17) is 4.74 Å². The molecular formula is C11H13FN2O. The third-order valence-electron chi connectivity index (χ3n) is 3.40. The number of rotatable bonds is 0. The van der Waals surface area contributed by atoms with Gasteiger partial charge in [-0.05, 0) is 25.9 Å². The van der Waals surface area contributed by atoms with Crippen LogP contribution in [0.5, 0.6) is 0 Å². The molecule has 2 aliphatic heterocycles. The van der Waals surface area contributed by atoms with Gasteiger partial charge in [0.05, 0.1) is 18.4 Å². The molecule has 1 spiro atoms. The van der Waals surface area contributed by atoms with E-state index in [1.54, 1.807) is 6.20 Å². The molecule has 3 rings (SSSR count). The van der Waals surface area contributed by atoms with Crippen LogP contribution in [0.3, 0.4) is 0 Å². The molecule has 2 aliphatic rings. The number of ether oxygens (including phenoxy) is 1. The lowest BCUT2D eigenvalue weighted by Gasteiger charge is -2.33. The highest BCUT2D eigenvalue weighted by Gasteiger charge is 2.42. The van der Waals surface area contributed by atoms with Crippen LogP contribution in [0.4, 0.5) is 4.39 Å². The maximum Gasteiger partial charge on any atom is 0.147 e. The summed E-state index contributed by atoms with van der Waals surface area (Å²) in [7, 11) is 0. The van der Waals surface area contributed by atoms with Crippen molar-refractivity contribution in [3.8, 4) is 0 Å². The molecule has 1 saturated heterocycles. The minimum atomic E-state index is -0.268. The second kappa shape index (κ2) is 3.25. The molecule has 1 N–H and O–H groups in total. The van der Waals surface area contributed by atoms with Crippen molar-refractivity contribution >= 4 is 0 Å². The monoisotopic (exact) mass is 208 g/mol. The van der Waals surface area contributed by atoms with Crippen LogP contribution in [-0.4, -0.2) is 18.1 Å². The van der Waals surface area contributed by atoms with Gasteiger partial charge < -0.3 is 10.1 Å². The fourth-order valence-corrected chi connectivity index (χ4v) is 2.53. The number of hydrogen-bond acceptors (Lipinski definition) is 3. The van der Waals surface area contributed by atoms with Crippen molar-refractivity contribution in [1.82, 2.24) is 10.3 Å². The molecule has 0 aromatic carbocycles. The maximum absolute atomic E-state index is 13.5. The number of aromatic nitrogens is 1. The van der Waals surface area contributed by atoms with E-state index < -0.39 is 0 Å². The van der Waals surface area contributed by atoms with Crippen LogP contribution >= 0.6 is 0 Å². The zero-order chi connectivity index (χ0) is 10.3. The minimum Gasteiger partial charge on any atom is -0.365 e. The first-order valence-electron chi connectivity index (χ1n) is 5.29. The third-order valence-corrected chi connectivity index (χ3v) is 3.40. The Balaban J connectivity index is 2.06. The lowest BCUT2D eigenvalue weighted by atomic mass is 9.85. The van der Waals surface area contributed by atoms with Gasteiger partial charge in [0.15, 0.2) is 0 Å². The molecule has 0 atom stereocenters. The van der Waals surface area contributed by atoms with Crippen LogP contribution in [0.2, 0.25) is 0 Å². The van der Waals surface area contributed by atoms with Crippen LogP contribution in [0.15, 0.2) is 12.4 Å². The van der Waals surface area contributed by atoms with Gasteiger partial charge in [0.25, 0.3) is 0 Å². The maximum atomic E-state index is 13.5. The molecule has 4 heteroatoms. The summed E-state index contributed by atoms with van der Waals surface area (Å²) in [6, 6.07) is 0. The Bertz CT molecular complexity index is 388. The van der Waals surface area contributed by atoms with Crippen LogP contribution in [0, 0.1) is 5.82 Å². The van der Waals surface area contributed by atoms with Crippen molar-refractivity contribution in [2.24, 2.45) is 0 Å². The van der Waals surface area contributed by atoms with Gasteiger partial charge in [0, 0.05) is 17.3 Å². The minimum absolute atomic E-state index is 0.233. The molecule has 0 amide bonds. The molecule has 0 unspecified atom stereocenters. The standard InChI is InChI=1S/C11H13FN2O/c12-10-6-14-5-9-8(10)7-15-11(9)1-3-13-4-2-11/h5-6,13H,1-4,7H2. The summed E-state index contributed by atoms with van der Waals surface area (Å²) in [6.45, 7) is 2.25. The van der Waals surface area contributed by atoms with Crippen molar-refractivity contribution < 1.29 is 9.13 Å². The van der Waals surface area contributed by atoms with Crippen LogP contribution in [0.1, 0.15) is 24.0 Å². The Morgan fingerprint density at radius 3 is 2.93 bits per heavy atom. The molecular weight excluding hydrogens is 195 g/mol. The molecule has 0 aliphatic carbocycles. The second-order valence-corrected chi connectivity index (χ2v) is 4.18. The summed E-state index contributed by atoms with van der Waals surface area (Å²) in [6.07, 6.45) is 4.84. The molecule has 15 heavy (non-hydrogen) atoms. The van der Waals surface area contributed by atoms with E-state index in [1.165, 1.54) is 6.20 Å². The number of nitrogens with one attached hydrogen (secondary N) is 1. The van der Waals surface area contributed by atoms with Crippen molar-refractivity contribution in [3.63, 3.8) is 0 Å². The normalized spacial score (nSPS) is 23.0. The van der Waals surface area contributed by atoms with Gasteiger partial charge >= 0.3 is 0 Å². The van der Waals surface area contributed by atoms with E-state index in [0.717, 1.165) is 31.5 Å². The summed E-state index contributed by atoms with van der Waals surface area (Å²) >= 11 is 0. The number of nitrogens with zero attached hydrogens (tertiary/aromatic N) is 1. The molecule has 3 nitrogen and oxygen atoms in total. The Kier molecular flexibility index (Phi) is 2.00. The number of hydrogen-bond donors (Lipinski definition) is 1. The van der Waals surface area contributed by atoms with Crippen LogP contribution in [-0.2, 0) is 16.9 Å². The average molecular weight is 208 g/mol. The van der Waals surface area contributed by atoms with E-state index in [0.29, 0.717) is 12.2 Å². The Morgan fingerprint density at radius 1 is 1.33 bits per heavy atom. The molecule has 3 heterocycles. The van der Waals surface area contributed by atoms with E-state index in [1.807, 2.05) is 0 Å². The van der Waals surface area contributed by atoms with Gasteiger partial charge in [-0.1, -0.05) is 0 Å². The highest BCUT2D eigenvalue weighted by atomic mass is 19.1. The SMILES string of the molecule is Fc1cncc2c1COC21CCNCC1. The summed E-state index contributed by atoms with van der Waals surface area (Å²) in [5.41, 5.74) is 1.39. The summed E-state index contributed by atoms with van der Waals surface area (Å²) < 4.78 is 19.3. The molecule has 0 saturated carbocycles. The molecule has 1 aromatic heterocycles. The Labute approximate surface area is 87.7 Å². The Hall–Kier alpha value is -1.00. The van der Waals surface area contributed by atoms with Gasteiger partial charge in [-0.25, -0.2) is 4.39 Å². The second-order valence-electron chi connectivity index (χ2n) is 4.18. The first-order chi connectivity index (χ1) is 7.32. The fourth-order valence-electron chi connectivity index (χ4n) is 2.53. The smallest absolute Gasteiger partial charge is 0.147 e. The number of halogens is 1. The van der Waals surface area contributed by atoms with Crippen molar-refractivity contribution in [3.05, 3.63) is 29.3 Å². The molecule has 0 bridgehead atoms. The molecule has 1 fully saturated rings. The summed E-state index contributed by atoms with van der Waals surface area (Å²) in [5.74, 6) is -0.233. The van der Waals surface area contributed by atoms with Crippen molar-refractivity contribution in [1.29, 1.82) is 0 Å². The predicted octanol–water partition coefficient (Wildman–Crippen LogP) is 1.33. The van der Waals surface area contributed by atoms with E-state index >= 15 is 0 Å². The summed E-state index contributed by atoms with van der Waals surface area (Å²) in [4.78, 5) is 3.93. The lowest BCUT2D eigenvalue weighted by molar-refractivity contribution is -0.0593. The fraction of sp³-hybridized carbons (Fsp3) is 0.545. The van der Waals surface area contributed by atoms with E-state index in [-0.39, 0.29) is 11.4 Å². The highest BCUT2D eigenvalue weighted by molar-refractivity contribution is 5.34. The molecule has 80 valence electrons. The number of pyridine rings is 1. The van der Waals surface area contributed by atoms with Crippen LogP contribution in [0.25, 0.3) is 0 Å². The quantitative estimate of drug-likeness (QED) is 0.698. The molecule has 1 aromatic rings. The lowest BCUT2D eigenvalue weighted by Crippen LogP contribution is -2.39. The largest absolute Gasteiger partial charge is 0.365 e. The highest BCUT2D eigenvalue weighted by Crippen LogP contribution is 2.42. The van der Waals surface area contributed by atoms with Gasteiger partial charge in [-0.2, -0.15) is 0 Å². The van der Waals surface area contributed by atoms with Gasteiger partial charge in [-0.15, -0.1) is 0 Å². The Morgan fingerprint density at radius 2 is 2.13 bits per heavy atom. The zero-order valence-electron chi connectivity index (χ0n) is 8.42. The third kappa shape index (κ3) is 1.28. The zero-order valence-corrected chi connectivity index (χ0v) is 8.42. The summed E-state index contributed by atoms with van der Waals surface area (Å²) in [5, 5.41) is 3.29. The number of piperidine rings is 1. The predicted molar refractivity (Wildman–Crippen MR) is 52.8 cm³/mol. The number of fused-ring (bicyclic) bond motifs is 2. The van der Waals surface area contributed by atoms with Gasteiger partial charge in [0.2, 0.25) is 0 Å².